The fourth-order valence-corrected chi connectivity index (χ4v) is 4.09. The number of nitrogens with zero attached hydrogens (tertiary/aromatic N) is 3. The van der Waals surface area contributed by atoms with E-state index in [9.17, 15) is 14.4 Å². The van der Waals surface area contributed by atoms with Crippen molar-refractivity contribution in [3.05, 3.63) is 35.4 Å². The molecule has 0 radical (unpaired) electrons. The standard InChI is InChI=1S/C24H35N3O4/c1-24(2,3)31-23(30)26-14-7-13-25(16-17-26)21(28)10-6-11-22(29)27-15-12-19-8-4-5-9-20(19)18-27/h4-5,8-9H,6-7,10-18H2,1-3H3. The molecule has 0 bridgehead atoms. The van der Waals surface area contributed by atoms with Crippen molar-refractivity contribution in [1.82, 2.24) is 14.7 Å². The van der Waals surface area contributed by atoms with Crippen molar-refractivity contribution in [2.45, 2.75) is 65.0 Å². The molecule has 3 amide bonds. The highest BCUT2D eigenvalue weighted by atomic mass is 16.6. The normalized spacial score (nSPS) is 17.1. The number of fused-ring (bicyclic) bond motifs is 1. The molecule has 0 saturated carbocycles. The zero-order valence-electron chi connectivity index (χ0n) is 19.1. The van der Waals surface area contributed by atoms with Crippen molar-refractivity contribution in [3.63, 3.8) is 0 Å². The lowest BCUT2D eigenvalue weighted by molar-refractivity contribution is -0.133. The van der Waals surface area contributed by atoms with Crippen molar-refractivity contribution in [2.24, 2.45) is 0 Å². The summed E-state index contributed by atoms with van der Waals surface area (Å²) < 4.78 is 5.44. The summed E-state index contributed by atoms with van der Waals surface area (Å²) in [6, 6.07) is 8.26. The zero-order valence-corrected chi connectivity index (χ0v) is 19.1. The first-order valence-electron chi connectivity index (χ1n) is 11.3. The maximum Gasteiger partial charge on any atom is 0.410 e. The van der Waals surface area contributed by atoms with Gasteiger partial charge in [-0.3, -0.25) is 9.59 Å². The molecule has 1 aromatic rings. The second-order valence-corrected chi connectivity index (χ2v) is 9.39. The summed E-state index contributed by atoms with van der Waals surface area (Å²) in [6.07, 6.45) is 2.62. The smallest absolute Gasteiger partial charge is 0.410 e. The third kappa shape index (κ3) is 6.71. The number of carbonyl (C=O) groups is 3. The maximum absolute atomic E-state index is 12.6. The lowest BCUT2D eigenvalue weighted by atomic mass is 9.99. The van der Waals surface area contributed by atoms with Crippen LogP contribution in [0.2, 0.25) is 0 Å². The summed E-state index contributed by atoms with van der Waals surface area (Å²) in [5.41, 5.74) is 2.02. The highest BCUT2D eigenvalue weighted by Gasteiger charge is 2.26. The van der Waals surface area contributed by atoms with Gasteiger partial charge in [0.1, 0.15) is 5.60 Å². The predicted molar refractivity (Wildman–Crippen MR) is 118 cm³/mol. The van der Waals surface area contributed by atoms with Crippen molar-refractivity contribution in [1.29, 1.82) is 0 Å². The zero-order chi connectivity index (χ0) is 22.4. The van der Waals surface area contributed by atoms with Crippen LogP contribution in [0.3, 0.4) is 0 Å². The molecule has 7 nitrogen and oxygen atoms in total. The number of amides is 3. The van der Waals surface area contributed by atoms with Crippen LogP contribution < -0.4 is 0 Å². The van der Waals surface area contributed by atoms with Gasteiger partial charge in [0.2, 0.25) is 11.8 Å². The molecule has 170 valence electrons. The van der Waals surface area contributed by atoms with Crippen LogP contribution in [0.15, 0.2) is 24.3 Å². The lowest BCUT2D eigenvalue weighted by Crippen LogP contribution is -2.40. The predicted octanol–water partition coefficient (Wildman–Crippen LogP) is 3.21. The van der Waals surface area contributed by atoms with Crippen molar-refractivity contribution in [3.8, 4) is 0 Å². The highest BCUT2D eigenvalue weighted by molar-refractivity contribution is 5.79. The van der Waals surface area contributed by atoms with E-state index in [0.717, 1.165) is 19.4 Å². The summed E-state index contributed by atoms with van der Waals surface area (Å²) in [6.45, 7) is 9.17. The quantitative estimate of drug-likeness (QED) is 0.737. The Balaban J connectivity index is 1.40. The van der Waals surface area contributed by atoms with Gasteiger partial charge in [0, 0.05) is 52.1 Å². The summed E-state index contributed by atoms with van der Waals surface area (Å²) in [4.78, 5) is 42.9. The van der Waals surface area contributed by atoms with E-state index in [-0.39, 0.29) is 17.9 Å². The SMILES string of the molecule is CC(C)(C)OC(=O)N1CCCN(C(=O)CCCC(=O)N2CCc3ccccc3C2)CC1. The molecule has 1 fully saturated rings. The van der Waals surface area contributed by atoms with Crippen molar-refractivity contribution in [2.75, 3.05) is 32.7 Å². The molecule has 2 heterocycles. The minimum atomic E-state index is -0.526. The Morgan fingerprint density at radius 2 is 1.45 bits per heavy atom. The van der Waals surface area contributed by atoms with Gasteiger partial charge < -0.3 is 19.4 Å². The van der Waals surface area contributed by atoms with Crippen LogP contribution in [0.5, 0.6) is 0 Å². The van der Waals surface area contributed by atoms with Gasteiger partial charge in [-0.05, 0) is 51.2 Å². The van der Waals surface area contributed by atoms with E-state index in [1.54, 1.807) is 4.90 Å². The number of ether oxygens (including phenoxy) is 1. The Morgan fingerprint density at radius 1 is 0.839 bits per heavy atom. The molecular weight excluding hydrogens is 394 g/mol. The Bertz CT molecular complexity index is 802. The van der Waals surface area contributed by atoms with E-state index >= 15 is 0 Å². The van der Waals surface area contributed by atoms with E-state index < -0.39 is 5.60 Å². The molecule has 1 aromatic carbocycles. The number of benzene rings is 1. The second-order valence-electron chi connectivity index (χ2n) is 9.39. The Morgan fingerprint density at radius 3 is 2.16 bits per heavy atom. The fourth-order valence-electron chi connectivity index (χ4n) is 4.09. The first-order valence-corrected chi connectivity index (χ1v) is 11.3. The largest absolute Gasteiger partial charge is 0.444 e. The fraction of sp³-hybridized carbons (Fsp3) is 0.625. The van der Waals surface area contributed by atoms with Crippen LogP contribution in [0, 0.1) is 0 Å². The van der Waals surface area contributed by atoms with Gasteiger partial charge in [-0.1, -0.05) is 24.3 Å². The highest BCUT2D eigenvalue weighted by Crippen LogP contribution is 2.20. The maximum atomic E-state index is 12.6. The van der Waals surface area contributed by atoms with Gasteiger partial charge in [0.25, 0.3) is 0 Å². The molecule has 0 atom stereocenters. The average Bonchev–Trinajstić information content (AvgIpc) is 2.98. The van der Waals surface area contributed by atoms with E-state index in [4.69, 9.17) is 4.74 Å². The van der Waals surface area contributed by atoms with Gasteiger partial charge in [-0.2, -0.15) is 0 Å². The third-order valence-electron chi connectivity index (χ3n) is 5.76. The summed E-state index contributed by atoms with van der Waals surface area (Å²) >= 11 is 0. The molecule has 2 aliphatic heterocycles. The van der Waals surface area contributed by atoms with Crippen LogP contribution in [-0.4, -0.2) is 70.9 Å². The molecular formula is C24H35N3O4. The Hall–Kier alpha value is -2.57. The van der Waals surface area contributed by atoms with Crippen molar-refractivity contribution < 1.29 is 19.1 Å². The van der Waals surface area contributed by atoms with Crippen LogP contribution in [0.25, 0.3) is 0 Å². The molecule has 0 unspecified atom stereocenters. The molecule has 1 saturated heterocycles. The number of rotatable bonds is 4. The van der Waals surface area contributed by atoms with Gasteiger partial charge >= 0.3 is 6.09 Å². The second kappa shape index (κ2) is 10.2. The van der Waals surface area contributed by atoms with Crippen LogP contribution in [0.1, 0.15) is 57.6 Å². The first kappa shape index (κ1) is 23.1. The number of hydrogen-bond donors (Lipinski definition) is 0. The summed E-state index contributed by atoms with van der Waals surface area (Å²) in [7, 11) is 0. The molecule has 0 N–H and O–H groups in total. The molecule has 0 aliphatic carbocycles. The Kier molecular flexibility index (Phi) is 7.57. The Labute approximate surface area is 185 Å². The van der Waals surface area contributed by atoms with Crippen LogP contribution in [0.4, 0.5) is 4.79 Å². The summed E-state index contributed by atoms with van der Waals surface area (Å²) in [5, 5.41) is 0. The molecule has 3 rings (SSSR count). The lowest BCUT2D eigenvalue weighted by Gasteiger charge is -2.29. The average molecular weight is 430 g/mol. The minimum Gasteiger partial charge on any atom is -0.444 e. The molecule has 31 heavy (non-hydrogen) atoms. The van der Waals surface area contributed by atoms with Crippen molar-refractivity contribution >= 4 is 17.9 Å². The molecule has 7 heteroatoms. The van der Waals surface area contributed by atoms with Crippen LogP contribution in [-0.2, 0) is 27.3 Å². The van der Waals surface area contributed by atoms with Crippen LogP contribution >= 0.6 is 0 Å². The monoisotopic (exact) mass is 429 g/mol. The number of hydrogen-bond acceptors (Lipinski definition) is 4. The van der Waals surface area contributed by atoms with Gasteiger partial charge in [-0.15, -0.1) is 0 Å². The third-order valence-corrected chi connectivity index (χ3v) is 5.76. The van der Waals surface area contributed by atoms with E-state index in [1.165, 1.54) is 11.1 Å². The molecule has 2 aliphatic rings. The van der Waals surface area contributed by atoms with Gasteiger partial charge in [0.15, 0.2) is 0 Å². The topological polar surface area (TPSA) is 70.2 Å². The number of carbonyl (C=O) groups excluding carboxylic acids is 3. The van der Waals surface area contributed by atoms with E-state index in [0.29, 0.717) is 52.0 Å². The van der Waals surface area contributed by atoms with E-state index in [2.05, 4.69) is 12.1 Å². The summed E-state index contributed by atoms with van der Waals surface area (Å²) in [5.74, 6) is 0.178. The van der Waals surface area contributed by atoms with E-state index in [1.807, 2.05) is 42.7 Å². The van der Waals surface area contributed by atoms with Gasteiger partial charge in [0.05, 0.1) is 0 Å². The minimum absolute atomic E-state index is 0.0582. The van der Waals surface area contributed by atoms with Gasteiger partial charge in [-0.25, -0.2) is 4.79 Å². The molecule has 0 spiro atoms. The first-order chi connectivity index (χ1) is 14.7. The molecule has 0 aromatic heterocycles.